The lowest BCUT2D eigenvalue weighted by atomic mass is 9.89. The van der Waals surface area contributed by atoms with Gasteiger partial charge in [-0.05, 0) is 93.8 Å². The number of ether oxygens (including phenoxy) is 1. The van der Waals surface area contributed by atoms with E-state index in [1.54, 1.807) is 27.1 Å². The highest BCUT2D eigenvalue weighted by atomic mass is 35.5. The maximum atomic E-state index is 14.5. The SMILES string of the molecule is Cc1ncoc1-c1ccc(C(C)NC(=O)[C@@H]2C[C@@H](C)CN2C(=O)[C@@H](C(C)C)n2cc(-c3cccc(O[C@H]4C[C@@H](NC(=O)C[C@@H]5N=C(c6ccc(Cl)cc6)c6c(sc(C)c6C)-n6c(C)nnc65)C4)c3)cn2)cc1. The summed E-state index contributed by atoms with van der Waals surface area (Å²) < 4.78 is 15.8. The van der Waals surface area contributed by atoms with Gasteiger partial charge in [-0.1, -0.05) is 80.9 Å². The molecule has 10 rings (SSSR count). The number of carbonyl (C=O) groups excluding carboxylic acids is 3. The lowest BCUT2D eigenvalue weighted by Gasteiger charge is -2.36. The van der Waals surface area contributed by atoms with Crippen molar-refractivity contribution < 1.29 is 23.5 Å². The molecule has 3 aromatic carbocycles. The number of aliphatic imine (C=N–C) groups is 1. The summed E-state index contributed by atoms with van der Waals surface area (Å²) in [5.41, 5.74) is 8.29. The van der Waals surface area contributed by atoms with Crippen LogP contribution in [-0.2, 0) is 14.4 Å². The van der Waals surface area contributed by atoms with E-state index >= 15 is 0 Å². The number of rotatable bonds is 14. The molecule has 2 N–H and O–H groups in total. The molecule has 15 nitrogen and oxygen atoms in total. The minimum Gasteiger partial charge on any atom is -0.490 e. The van der Waals surface area contributed by atoms with Crippen molar-refractivity contribution >= 4 is 46.4 Å². The molecule has 6 heterocycles. The molecular weight excluding hydrogens is 948 g/mol. The molecule has 4 aromatic heterocycles. The number of nitrogens with one attached hydrogen (secondary N) is 2. The Labute approximate surface area is 428 Å². The summed E-state index contributed by atoms with van der Waals surface area (Å²) in [5, 5.41) is 21.8. The molecule has 3 aliphatic rings. The van der Waals surface area contributed by atoms with E-state index in [0.717, 1.165) is 66.9 Å². The predicted octanol–water partition coefficient (Wildman–Crippen LogP) is 10.1. The number of likely N-dealkylation sites (tertiary alicyclic amines) is 1. The van der Waals surface area contributed by atoms with Crippen LogP contribution >= 0.6 is 22.9 Å². The molecule has 1 saturated carbocycles. The minimum absolute atomic E-state index is 0.0492. The minimum atomic E-state index is -0.616. The molecule has 3 amide bonds. The molecule has 1 aliphatic carbocycles. The number of hydrogen-bond donors (Lipinski definition) is 2. The molecule has 2 fully saturated rings. The van der Waals surface area contributed by atoms with Crippen molar-refractivity contribution in [2.24, 2.45) is 16.8 Å². The first-order valence-electron chi connectivity index (χ1n) is 24.7. The summed E-state index contributed by atoms with van der Waals surface area (Å²) in [5.74, 6) is 2.45. The van der Waals surface area contributed by atoms with Crippen LogP contribution in [0.5, 0.6) is 5.75 Å². The monoisotopic (exact) mass is 1010 g/mol. The molecular formula is C55H59ClN10O5S. The van der Waals surface area contributed by atoms with Gasteiger partial charge >= 0.3 is 0 Å². The quantitative estimate of drug-likeness (QED) is 0.107. The molecule has 72 heavy (non-hydrogen) atoms. The van der Waals surface area contributed by atoms with E-state index < -0.39 is 18.1 Å². The number of fused-ring (bicyclic) bond motifs is 3. The summed E-state index contributed by atoms with van der Waals surface area (Å²) >= 11 is 7.97. The van der Waals surface area contributed by atoms with Crippen molar-refractivity contribution in [3.8, 4) is 33.2 Å². The van der Waals surface area contributed by atoms with Crippen LogP contribution in [0.3, 0.4) is 0 Å². The van der Waals surface area contributed by atoms with E-state index in [2.05, 4.69) is 51.2 Å². The largest absolute Gasteiger partial charge is 0.490 e. The number of hydrogen-bond acceptors (Lipinski definition) is 11. The van der Waals surface area contributed by atoms with E-state index in [9.17, 15) is 14.4 Å². The second kappa shape index (κ2) is 19.9. The molecule has 0 bridgehead atoms. The summed E-state index contributed by atoms with van der Waals surface area (Å²) in [4.78, 5) is 54.6. The molecule has 2 aliphatic heterocycles. The second-order valence-electron chi connectivity index (χ2n) is 20.0. The number of nitrogens with zero attached hydrogens (tertiary/aromatic N) is 8. The Morgan fingerprint density at radius 1 is 0.917 bits per heavy atom. The smallest absolute Gasteiger partial charge is 0.248 e. The van der Waals surface area contributed by atoms with Crippen molar-refractivity contribution in [1.29, 1.82) is 0 Å². The first-order valence-corrected chi connectivity index (χ1v) is 25.9. The van der Waals surface area contributed by atoms with E-state index in [1.807, 2.05) is 114 Å². The molecule has 17 heteroatoms. The number of thiophene rings is 1. The van der Waals surface area contributed by atoms with Gasteiger partial charge in [-0.2, -0.15) is 5.10 Å². The molecule has 5 atom stereocenters. The lowest BCUT2D eigenvalue weighted by Crippen LogP contribution is -2.49. The maximum absolute atomic E-state index is 14.5. The second-order valence-corrected chi connectivity index (χ2v) is 21.6. The van der Waals surface area contributed by atoms with Crippen LogP contribution in [-0.4, -0.2) is 82.6 Å². The Hall–Kier alpha value is -6.91. The Balaban J connectivity index is 0.762. The van der Waals surface area contributed by atoms with Crippen molar-refractivity contribution in [1.82, 2.24) is 45.1 Å². The van der Waals surface area contributed by atoms with Gasteiger partial charge < -0.3 is 24.7 Å². The van der Waals surface area contributed by atoms with Crippen molar-refractivity contribution in [3.63, 3.8) is 0 Å². The highest BCUT2D eigenvalue weighted by Crippen LogP contribution is 2.40. The number of oxazole rings is 1. The van der Waals surface area contributed by atoms with Gasteiger partial charge in [0.1, 0.15) is 40.8 Å². The van der Waals surface area contributed by atoms with Gasteiger partial charge in [-0.15, -0.1) is 21.5 Å². The van der Waals surface area contributed by atoms with Crippen molar-refractivity contribution in [2.75, 3.05) is 6.54 Å². The summed E-state index contributed by atoms with van der Waals surface area (Å²) in [6.07, 6.45) is 7.03. The van der Waals surface area contributed by atoms with Crippen molar-refractivity contribution in [3.05, 3.63) is 141 Å². The molecule has 1 unspecified atom stereocenters. The predicted molar refractivity (Wildman–Crippen MR) is 278 cm³/mol. The number of carbonyl (C=O) groups is 3. The normalized spacial score (nSPS) is 20.2. The molecule has 1 saturated heterocycles. The van der Waals surface area contributed by atoms with Gasteiger partial charge in [-0.25, -0.2) is 4.98 Å². The number of aryl methyl sites for hydroxylation is 3. The Bertz CT molecular complexity index is 3180. The van der Waals surface area contributed by atoms with Gasteiger partial charge in [0.05, 0.1) is 30.1 Å². The van der Waals surface area contributed by atoms with Crippen LogP contribution < -0.4 is 15.4 Å². The Morgan fingerprint density at radius 2 is 1.67 bits per heavy atom. The van der Waals surface area contributed by atoms with E-state index in [4.69, 9.17) is 30.8 Å². The highest BCUT2D eigenvalue weighted by Gasteiger charge is 2.42. The average Bonchev–Trinajstić information content (AvgIpc) is 4.19. The summed E-state index contributed by atoms with van der Waals surface area (Å²) in [7, 11) is 0. The number of halogens is 1. The molecule has 0 spiro atoms. The van der Waals surface area contributed by atoms with Gasteiger partial charge in [-0.3, -0.25) is 28.6 Å². The fourth-order valence-electron chi connectivity index (χ4n) is 10.3. The summed E-state index contributed by atoms with van der Waals surface area (Å²) in [6, 6.07) is 21.3. The van der Waals surface area contributed by atoms with Crippen LogP contribution in [0.15, 0.2) is 101 Å². The topological polar surface area (TPSA) is 175 Å². The molecule has 0 radical (unpaired) electrons. The molecule has 7 aromatic rings. The fraction of sp³-hybridized carbons (Fsp3) is 0.382. The lowest BCUT2D eigenvalue weighted by molar-refractivity contribution is -0.142. The third-order valence-electron chi connectivity index (χ3n) is 14.3. The van der Waals surface area contributed by atoms with Gasteiger partial charge in [0.15, 0.2) is 18.0 Å². The van der Waals surface area contributed by atoms with Gasteiger partial charge in [0, 0.05) is 63.8 Å². The highest BCUT2D eigenvalue weighted by molar-refractivity contribution is 7.15. The number of aromatic nitrogens is 6. The zero-order chi connectivity index (χ0) is 50.5. The fourth-order valence-corrected chi connectivity index (χ4v) is 11.6. The van der Waals surface area contributed by atoms with Gasteiger partial charge in [0.2, 0.25) is 17.7 Å². The Kier molecular flexibility index (Phi) is 13.5. The third-order valence-corrected chi connectivity index (χ3v) is 15.8. The van der Waals surface area contributed by atoms with Crippen LogP contribution in [0.4, 0.5) is 0 Å². The zero-order valence-electron chi connectivity index (χ0n) is 41.7. The number of benzene rings is 3. The average molecular weight is 1010 g/mol. The van der Waals surface area contributed by atoms with Gasteiger partial charge in [0.25, 0.3) is 0 Å². The van der Waals surface area contributed by atoms with Crippen molar-refractivity contribution in [2.45, 2.75) is 117 Å². The van der Waals surface area contributed by atoms with Crippen LogP contribution in [0, 0.1) is 39.5 Å². The van der Waals surface area contributed by atoms with Crippen LogP contribution in [0.1, 0.15) is 116 Å². The van der Waals surface area contributed by atoms with E-state index in [-0.39, 0.29) is 54.2 Å². The third kappa shape index (κ3) is 9.61. The number of amides is 3. The zero-order valence-corrected chi connectivity index (χ0v) is 43.3. The maximum Gasteiger partial charge on any atom is 0.248 e. The summed E-state index contributed by atoms with van der Waals surface area (Å²) in [6.45, 7) is 16.6. The first-order chi connectivity index (χ1) is 34.6. The molecule has 372 valence electrons. The van der Waals surface area contributed by atoms with E-state index in [1.165, 1.54) is 11.3 Å². The van der Waals surface area contributed by atoms with Crippen LogP contribution in [0.25, 0.3) is 27.5 Å². The van der Waals surface area contributed by atoms with E-state index in [0.29, 0.717) is 42.4 Å². The standard InChI is InChI=1S/C55H59ClN10O5S/c1-29(2)50(54(69)64-26-30(3)20-46(64)53(68)59-32(5)36-12-14-38(15-13-36)51-33(6)57-28-70-51)65-27-40(25-58-65)39-10-9-11-43(21-39)71-44-22-42(23-44)60-47(67)24-45-52-63-62-35(8)66(52)55-48(31(4)34(7)72-55)49(61-45)37-16-18-41(56)19-17-37/h9-19,21,25,27-30,32,42,44-46,50H,20,22-24,26H2,1-8H3,(H,59,68)(H,60,67)/t30-,32?,42-,44+,45+,46+,50-/m1/s1. The van der Waals surface area contributed by atoms with Crippen LogP contribution in [0.2, 0.25) is 5.02 Å². The first kappa shape index (κ1) is 48.7. The Morgan fingerprint density at radius 3 is 2.39 bits per heavy atom.